The number of carbonyl (C=O) groups excluding carboxylic acids is 1. The Morgan fingerprint density at radius 2 is 2.16 bits per heavy atom. The van der Waals surface area contributed by atoms with Crippen LogP contribution in [0.5, 0.6) is 0 Å². The van der Waals surface area contributed by atoms with Crippen molar-refractivity contribution in [2.75, 3.05) is 0 Å². The van der Waals surface area contributed by atoms with Crippen molar-refractivity contribution in [3.8, 4) is 0 Å². The lowest BCUT2D eigenvalue weighted by Gasteiger charge is -2.10. The molecule has 5 nitrogen and oxygen atoms in total. The van der Waals surface area contributed by atoms with Crippen LogP contribution in [-0.2, 0) is 0 Å². The highest BCUT2D eigenvalue weighted by Crippen LogP contribution is 2.18. The highest BCUT2D eigenvalue weighted by Gasteiger charge is 2.15. The van der Waals surface area contributed by atoms with E-state index >= 15 is 0 Å². The van der Waals surface area contributed by atoms with E-state index in [2.05, 4.69) is 20.3 Å². The zero-order valence-corrected chi connectivity index (χ0v) is 10.5. The van der Waals surface area contributed by atoms with Gasteiger partial charge in [-0.25, -0.2) is 4.98 Å². The molecule has 0 aliphatic heterocycles. The van der Waals surface area contributed by atoms with Crippen LogP contribution in [0.15, 0.2) is 42.9 Å². The van der Waals surface area contributed by atoms with Gasteiger partial charge in [-0.2, -0.15) is 0 Å². The molecule has 2 heterocycles. The molecule has 96 valence electrons. The second-order valence-electron chi connectivity index (χ2n) is 4.42. The van der Waals surface area contributed by atoms with Gasteiger partial charge in [0.15, 0.2) is 0 Å². The van der Waals surface area contributed by atoms with Crippen molar-refractivity contribution in [1.29, 1.82) is 0 Å². The summed E-state index contributed by atoms with van der Waals surface area (Å²) >= 11 is 0. The number of benzene rings is 1. The molecule has 0 saturated carbocycles. The maximum absolute atomic E-state index is 12.3. The van der Waals surface area contributed by atoms with E-state index in [4.69, 9.17) is 0 Å². The Balaban J connectivity index is 1.84. The van der Waals surface area contributed by atoms with Crippen molar-refractivity contribution in [3.05, 3.63) is 54.2 Å². The summed E-state index contributed by atoms with van der Waals surface area (Å²) in [6, 6.07) is 7.58. The Morgan fingerprint density at radius 3 is 2.95 bits per heavy atom. The zero-order chi connectivity index (χ0) is 13.2. The van der Waals surface area contributed by atoms with Crippen LogP contribution in [0.4, 0.5) is 0 Å². The third kappa shape index (κ3) is 2.10. The van der Waals surface area contributed by atoms with Crippen LogP contribution < -0.4 is 5.32 Å². The van der Waals surface area contributed by atoms with Crippen molar-refractivity contribution in [2.24, 2.45) is 0 Å². The first-order chi connectivity index (χ1) is 9.25. The number of nitrogens with one attached hydrogen (secondary N) is 3. The van der Waals surface area contributed by atoms with E-state index in [9.17, 15) is 4.79 Å². The minimum absolute atomic E-state index is 0.110. The second-order valence-corrected chi connectivity index (χ2v) is 4.42. The van der Waals surface area contributed by atoms with Crippen LogP contribution in [0, 0.1) is 0 Å². The van der Waals surface area contributed by atoms with Gasteiger partial charge in [-0.3, -0.25) is 4.79 Å². The zero-order valence-electron chi connectivity index (χ0n) is 10.5. The number of amides is 1. The molecule has 0 spiro atoms. The molecule has 0 aliphatic carbocycles. The van der Waals surface area contributed by atoms with Gasteiger partial charge in [-0.15, -0.1) is 0 Å². The first-order valence-corrected chi connectivity index (χ1v) is 6.12. The first-order valence-electron chi connectivity index (χ1n) is 6.12. The fourth-order valence-electron chi connectivity index (χ4n) is 2.12. The van der Waals surface area contributed by atoms with Crippen LogP contribution in [-0.4, -0.2) is 20.9 Å². The van der Waals surface area contributed by atoms with Gasteiger partial charge < -0.3 is 15.3 Å². The molecular weight excluding hydrogens is 240 g/mol. The lowest BCUT2D eigenvalue weighted by atomic mass is 10.1. The Kier molecular flexibility index (Phi) is 2.79. The van der Waals surface area contributed by atoms with Crippen LogP contribution >= 0.6 is 0 Å². The summed E-state index contributed by atoms with van der Waals surface area (Å²) in [6.07, 6.45) is 5.14. The number of rotatable bonds is 3. The number of imidazole rings is 1. The molecular formula is C14H14N4O. The van der Waals surface area contributed by atoms with E-state index in [1.807, 2.05) is 31.2 Å². The third-order valence-corrected chi connectivity index (χ3v) is 3.11. The Morgan fingerprint density at radius 1 is 1.32 bits per heavy atom. The number of aromatic amines is 2. The molecule has 1 atom stereocenters. The van der Waals surface area contributed by atoms with Crippen LogP contribution in [0.3, 0.4) is 0 Å². The van der Waals surface area contributed by atoms with E-state index < -0.39 is 0 Å². The van der Waals surface area contributed by atoms with Gasteiger partial charge in [-0.1, -0.05) is 18.2 Å². The van der Waals surface area contributed by atoms with Gasteiger partial charge in [0.25, 0.3) is 5.91 Å². The van der Waals surface area contributed by atoms with Crippen LogP contribution in [0.1, 0.15) is 29.1 Å². The summed E-state index contributed by atoms with van der Waals surface area (Å²) in [6.45, 7) is 1.89. The number of carbonyl (C=O) groups is 1. The molecule has 0 bridgehead atoms. The summed E-state index contributed by atoms with van der Waals surface area (Å²) < 4.78 is 0. The van der Waals surface area contributed by atoms with E-state index in [1.54, 1.807) is 18.6 Å². The average Bonchev–Trinajstić information content (AvgIpc) is 3.08. The van der Waals surface area contributed by atoms with E-state index in [0.29, 0.717) is 5.56 Å². The standard InChI is InChI=1S/C14H14N4O/c1-9(13-15-6-7-16-13)18-14(19)11-8-17-12-5-3-2-4-10(11)12/h2-9,17H,1H3,(H,15,16)(H,18,19). The van der Waals surface area contributed by atoms with Gasteiger partial charge in [0.2, 0.25) is 0 Å². The maximum Gasteiger partial charge on any atom is 0.254 e. The summed E-state index contributed by atoms with van der Waals surface area (Å²) in [4.78, 5) is 22.5. The molecule has 3 aromatic rings. The minimum Gasteiger partial charge on any atom is -0.360 e. The molecule has 1 aromatic carbocycles. The minimum atomic E-state index is -0.156. The van der Waals surface area contributed by atoms with Crippen molar-refractivity contribution in [3.63, 3.8) is 0 Å². The van der Waals surface area contributed by atoms with Crippen molar-refractivity contribution >= 4 is 16.8 Å². The quantitative estimate of drug-likeness (QED) is 0.671. The van der Waals surface area contributed by atoms with Crippen molar-refractivity contribution in [2.45, 2.75) is 13.0 Å². The summed E-state index contributed by atoms with van der Waals surface area (Å²) in [5, 5.41) is 3.85. The molecule has 3 rings (SSSR count). The second kappa shape index (κ2) is 4.61. The van der Waals surface area contributed by atoms with Gasteiger partial charge in [0.05, 0.1) is 11.6 Å². The maximum atomic E-state index is 12.3. The smallest absolute Gasteiger partial charge is 0.254 e. The molecule has 0 fully saturated rings. The largest absolute Gasteiger partial charge is 0.360 e. The lowest BCUT2D eigenvalue weighted by Crippen LogP contribution is -2.27. The number of hydrogen-bond acceptors (Lipinski definition) is 2. The molecule has 0 saturated heterocycles. The number of fused-ring (bicyclic) bond motifs is 1. The summed E-state index contributed by atoms with van der Waals surface area (Å²) in [5.74, 6) is 0.634. The highest BCUT2D eigenvalue weighted by molar-refractivity contribution is 6.06. The normalized spacial score (nSPS) is 12.5. The third-order valence-electron chi connectivity index (χ3n) is 3.11. The topological polar surface area (TPSA) is 73.6 Å². The number of nitrogens with zero attached hydrogens (tertiary/aromatic N) is 1. The van der Waals surface area contributed by atoms with Gasteiger partial charge in [0.1, 0.15) is 5.82 Å². The monoisotopic (exact) mass is 254 g/mol. The molecule has 1 amide bonds. The molecule has 3 N–H and O–H groups in total. The SMILES string of the molecule is CC(NC(=O)c1c[nH]c2ccccc12)c1ncc[nH]1. The van der Waals surface area contributed by atoms with Crippen LogP contribution in [0.2, 0.25) is 0 Å². The molecule has 5 heteroatoms. The van der Waals surface area contributed by atoms with E-state index in [1.165, 1.54) is 0 Å². The van der Waals surface area contributed by atoms with Gasteiger partial charge >= 0.3 is 0 Å². The van der Waals surface area contributed by atoms with Crippen molar-refractivity contribution < 1.29 is 4.79 Å². The fourth-order valence-corrected chi connectivity index (χ4v) is 2.12. The Hall–Kier alpha value is -2.56. The number of aromatic nitrogens is 3. The average molecular weight is 254 g/mol. The van der Waals surface area contributed by atoms with Crippen molar-refractivity contribution in [1.82, 2.24) is 20.3 Å². The predicted molar refractivity (Wildman–Crippen MR) is 72.8 cm³/mol. The summed E-state index contributed by atoms with van der Waals surface area (Å²) in [5.41, 5.74) is 1.60. The molecule has 1 unspecified atom stereocenters. The highest BCUT2D eigenvalue weighted by atomic mass is 16.1. The Labute approximate surface area is 110 Å². The van der Waals surface area contributed by atoms with E-state index in [0.717, 1.165) is 16.7 Å². The molecule has 2 aromatic heterocycles. The number of para-hydroxylation sites is 1. The number of H-pyrrole nitrogens is 2. The first kappa shape index (κ1) is 11.5. The Bertz CT molecular complexity index is 699. The van der Waals surface area contributed by atoms with Crippen LogP contribution in [0.25, 0.3) is 10.9 Å². The van der Waals surface area contributed by atoms with Gasteiger partial charge in [-0.05, 0) is 13.0 Å². The summed E-state index contributed by atoms with van der Waals surface area (Å²) in [7, 11) is 0. The molecule has 0 aliphatic rings. The predicted octanol–water partition coefficient (Wildman–Crippen LogP) is 2.38. The lowest BCUT2D eigenvalue weighted by molar-refractivity contribution is 0.0940. The fraction of sp³-hybridized carbons (Fsp3) is 0.143. The molecule has 19 heavy (non-hydrogen) atoms. The van der Waals surface area contributed by atoms with Gasteiger partial charge in [0, 0.05) is 29.5 Å². The van der Waals surface area contributed by atoms with E-state index in [-0.39, 0.29) is 11.9 Å². The molecule has 0 radical (unpaired) electrons. The number of hydrogen-bond donors (Lipinski definition) is 3.